The van der Waals surface area contributed by atoms with Crippen molar-refractivity contribution in [2.45, 2.75) is 13.0 Å². The number of phenolic OH excluding ortho intramolecular Hbond substituents is 2. The maximum atomic E-state index is 12.0. The van der Waals surface area contributed by atoms with E-state index >= 15 is 0 Å². The van der Waals surface area contributed by atoms with Crippen molar-refractivity contribution in [2.75, 3.05) is 0 Å². The molecule has 0 spiro atoms. The maximum absolute atomic E-state index is 12.0. The van der Waals surface area contributed by atoms with Gasteiger partial charge in [-0.1, -0.05) is 0 Å². The van der Waals surface area contributed by atoms with Crippen LogP contribution in [0.1, 0.15) is 15.9 Å². The van der Waals surface area contributed by atoms with Gasteiger partial charge in [-0.2, -0.15) is 0 Å². The van der Waals surface area contributed by atoms with Crippen molar-refractivity contribution in [3.8, 4) is 22.9 Å². The molecule has 102 valence electrons. The lowest BCUT2D eigenvalue weighted by atomic mass is 9.99. The van der Waals surface area contributed by atoms with Crippen LogP contribution >= 0.6 is 0 Å². The first-order valence-corrected chi connectivity index (χ1v) is 5.87. The van der Waals surface area contributed by atoms with Crippen molar-refractivity contribution in [3.05, 3.63) is 39.8 Å². The third-order valence-corrected chi connectivity index (χ3v) is 3.32. The van der Waals surface area contributed by atoms with Gasteiger partial charge in [0.25, 0.3) is 5.56 Å². The number of aromatic nitrogens is 2. The van der Waals surface area contributed by atoms with Gasteiger partial charge in [0.05, 0.1) is 0 Å². The predicted molar refractivity (Wildman–Crippen MR) is 67.9 cm³/mol. The van der Waals surface area contributed by atoms with Crippen LogP contribution in [-0.2, 0) is 13.0 Å². The van der Waals surface area contributed by atoms with Gasteiger partial charge < -0.3 is 15.3 Å². The van der Waals surface area contributed by atoms with Crippen LogP contribution in [0.3, 0.4) is 0 Å². The molecule has 2 heterocycles. The molecule has 1 aliphatic rings. The van der Waals surface area contributed by atoms with Crippen molar-refractivity contribution in [1.82, 2.24) is 9.55 Å². The van der Waals surface area contributed by atoms with Gasteiger partial charge in [-0.05, 0) is 24.1 Å². The molecule has 1 aromatic heterocycles. The molecule has 7 nitrogen and oxygen atoms in total. The molecule has 0 amide bonds. The first kappa shape index (κ1) is 12.2. The molecular weight excluding hydrogens is 264 g/mol. The number of benzene rings is 1. The maximum Gasteiger partial charge on any atom is 0.342 e. The molecule has 2 aromatic rings. The number of hydrogen-bond donors (Lipinski definition) is 3. The Morgan fingerprint density at radius 3 is 2.65 bits per heavy atom. The Kier molecular flexibility index (Phi) is 2.50. The van der Waals surface area contributed by atoms with Crippen molar-refractivity contribution in [3.63, 3.8) is 0 Å². The minimum Gasteiger partial charge on any atom is -0.504 e. The average molecular weight is 274 g/mol. The summed E-state index contributed by atoms with van der Waals surface area (Å²) in [5.41, 5.74) is 0.247. The summed E-state index contributed by atoms with van der Waals surface area (Å²) >= 11 is 0. The molecule has 1 aliphatic heterocycles. The number of phenols is 2. The lowest BCUT2D eigenvalue weighted by molar-refractivity contribution is 0.0693. The highest BCUT2D eigenvalue weighted by Crippen LogP contribution is 2.35. The van der Waals surface area contributed by atoms with Crippen LogP contribution in [-0.4, -0.2) is 30.8 Å². The van der Waals surface area contributed by atoms with E-state index in [2.05, 4.69) is 4.98 Å². The lowest BCUT2D eigenvalue weighted by Gasteiger charge is -2.21. The largest absolute Gasteiger partial charge is 0.504 e. The number of nitrogens with zero attached hydrogens (tertiary/aromatic N) is 2. The van der Waals surface area contributed by atoms with E-state index in [4.69, 9.17) is 5.11 Å². The number of aromatic hydroxyl groups is 2. The van der Waals surface area contributed by atoms with Gasteiger partial charge >= 0.3 is 5.97 Å². The monoisotopic (exact) mass is 274 g/mol. The summed E-state index contributed by atoms with van der Waals surface area (Å²) in [6.07, 6.45) is 1.45. The fourth-order valence-electron chi connectivity index (χ4n) is 2.33. The fraction of sp³-hybridized carbons (Fsp3) is 0.154. The summed E-state index contributed by atoms with van der Waals surface area (Å²) < 4.78 is 1.27. The molecule has 0 saturated heterocycles. The van der Waals surface area contributed by atoms with E-state index in [-0.39, 0.29) is 29.4 Å². The van der Waals surface area contributed by atoms with Crippen LogP contribution in [0.5, 0.6) is 11.5 Å². The Hall–Kier alpha value is -2.83. The second-order valence-electron chi connectivity index (χ2n) is 4.51. The molecular formula is C13H10N2O5. The Balaban J connectivity index is 2.28. The summed E-state index contributed by atoms with van der Waals surface area (Å²) in [5.74, 6) is -1.58. The van der Waals surface area contributed by atoms with Crippen molar-refractivity contribution >= 4 is 5.97 Å². The van der Waals surface area contributed by atoms with Gasteiger partial charge in [0, 0.05) is 18.3 Å². The lowest BCUT2D eigenvalue weighted by Crippen LogP contribution is -2.31. The minimum absolute atomic E-state index is 0.235. The van der Waals surface area contributed by atoms with E-state index < -0.39 is 11.5 Å². The van der Waals surface area contributed by atoms with E-state index in [1.165, 1.54) is 16.7 Å². The Bertz CT molecular complexity index is 794. The summed E-state index contributed by atoms with van der Waals surface area (Å²) in [4.78, 5) is 27.0. The highest BCUT2D eigenvalue weighted by molar-refractivity contribution is 5.87. The molecule has 7 heteroatoms. The van der Waals surface area contributed by atoms with Crippen molar-refractivity contribution in [1.29, 1.82) is 0 Å². The molecule has 0 saturated carbocycles. The van der Waals surface area contributed by atoms with Gasteiger partial charge in [-0.25, -0.2) is 9.78 Å². The Morgan fingerprint density at radius 2 is 1.95 bits per heavy atom. The fourth-order valence-corrected chi connectivity index (χ4v) is 2.33. The van der Waals surface area contributed by atoms with E-state index in [0.717, 1.165) is 11.8 Å². The minimum atomic E-state index is -1.32. The number of aromatic carboxylic acids is 1. The Labute approximate surface area is 112 Å². The molecule has 3 rings (SSSR count). The van der Waals surface area contributed by atoms with Gasteiger partial charge in [-0.3, -0.25) is 9.36 Å². The highest BCUT2D eigenvalue weighted by atomic mass is 16.4. The molecule has 0 fully saturated rings. The molecule has 1 aromatic carbocycles. The normalized spacial score (nSPS) is 12.6. The summed E-state index contributed by atoms with van der Waals surface area (Å²) in [6.45, 7) is 0.277. The molecule has 20 heavy (non-hydrogen) atoms. The molecule has 0 unspecified atom stereocenters. The zero-order valence-corrected chi connectivity index (χ0v) is 10.2. The number of carbonyl (C=O) groups is 1. The quantitative estimate of drug-likeness (QED) is 0.655. The number of rotatable bonds is 1. The molecule has 0 radical (unpaired) electrons. The molecule has 0 atom stereocenters. The van der Waals surface area contributed by atoms with Crippen LogP contribution in [0.15, 0.2) is 23.1 Å². The summed E-state index contributed by atoms with van der Waals surface area (Å²) in [5, 5.41) is 27.9. The Morgan fingerprint density at radius 1 is 1.25 bits per heavy atom. The van der Waals surface area contributed by atoms with Gasteiger partial charge in [0.1, 0.15) is 11.4 Å². The van der Waals surface area contributed by atoms with Crippen LogP contribution in [0.4, 0.5) is 0 Å². The third-order valence-electron chi connectivity index (χ3n) is 3.32. The SMILES string of the molecule is O=C(O)c1cnc2n(c1=O)CCc1cc(O)c(O)cc1-2. The predicted octanol–water partition coefficient (Wildman–Crippen LogP) is 0.576. The number of carboxylic acid groups (broad SMARTS) is 1. The van der Waals surface area contributed by atoms with Crippen LogP contribution < -0.4 is 5.56 Å². The number of fused-ring (bicyclic) bond motifs is 3. The smallest absolute Gasteiger partial charge is 0.342 e. The second-order valence-corrected chi connectivity index (χ2v) is 4.51. The topological polar surface area (TPSA) is 113 Å². The summed E-state index contributed by atoms with van der Waals surface area (Å²) in [7, 11) is 0. The number of carboxylic acids is 1. The van der Waals surface area contributed by atoms with Crippen LogP contribution in [0, 0.1) is 0 Å². The van der Waals surface area contributed by atoms with Crippen molar-refractivity contribution in [2.24, 2.45) is 0 Å². The van der Waals surface area contributed by atoms with E-state index in [1.807, 2.05) is 0 Å². The van der Waals surface area contributed by atoms with Gasteiger partial charge in [-0.15, -0.1) is 0 Å². The van der Waals surface area contributed by atoms with E-state index in [9.17, 15) is 19.8 Å². The first-order chi connectivity index (χ1) is 9.49. The molecule has 3 N–H and O–H groups in total. The summed E-state index contributed by atoms with van der Waals surface area (Å²) in [6, 6.07) is 2.74. The molecule has 0 aliphatic carbocycles. The zero-order chi connectivity index (χ0) is 14.4. The number of hydrogen-bond acceptors (Lipinski definition) is 5. The third kappa shape index (κ3) is 1.63. The average Bonchev–Trinajstić information content (AvgIpc) is 2.40. The van der Waals surface area contributed by atoms with Crippen LogP contribution in [0.25, 0.3) is 11.4 Å². The van der Waals surface area contributed by atoms with Gasteiger partial charge in [0.15, 0.2) is 11.5 Å². The van der Waals surface area contributed by atoms with Crippen LogP contribution in [0.2, 0.25) is 0 Å². The highest BCUT2D eigenvalue weighted by Gasteiger charge is 2.23. The number of aryl methyl sites for hydroxylation is 1. The van der Waals surface area contributed by atoms with E-state index in [0.29, 0.717) is 12.0 Å². The van der Waals surface area contributed by atoms with Gasteiger partial charge in [0.2, 0.25) is 0 Å². The second kappa shape index (κ2) is 4.09. The zero-order valence-electron chi connectivity index (χ0n) is 10.2. The standard InChI is InChI=1S/C13H10N2O5/c16-9-3-6-1-2-15-11(7(6)4-10(9)17)14-5-8(12(15)18)13(19)20/h3-5,16-17H,1-2H2,(H,19,20). The first-order valence-electron chi connectivity index (χ1n) is 5.87. The van der Waals surface area contributed by atoms with Crippen molar-refractivity contribution < 1.29 is 20.1 Å². The van der Waals surface area contributed by atoms with E-state index in [1.54, 1.807) is 0 Å². The molecule has 0 bridgehead atoms.